The molecule has 2 unspecified atom stereocenters. The highest BCUT2D eigenvalue weighted by atomic mass is 35.5. The van der Waals surface area contributed by atoms with Gasteiger partial charge in [-0.3, -0.25) is 0 Å². The molecule has 1 saturated heterocycles. The first kappa shape index (κ1) is 7.84. The van der Waals surface area contributed by atoms with Gasteiger partial charge in [0.15, 0.2) is 0 Å². The molecule has 0 aromatic heterocycles. The van der Waals surface area contributed by atoms with E-state index in [0.717, 1.165) is 17.5 Å². The third-order valence-corrected chi connectivity index (χ3v) is 3.50. The standard InChI is InChI=1S/C11H12ClN/c12-8-1-2-9-7-3-4-13-11(5-7)10(9)6-8/h1-2,6-7,11,13H,3-5H2. The molecular weight excluding hydrogens is 182 g/mol. The van der Waals surface area contributed by atoms with Gasteiger partial charge in [-0.2, -0.15) is 0 Å². The Morgan fingerprint density at radius 2 is 2.23 bits per heavy atom. The average molecular weight is 194 g/mol. The van der Waals surface area contributed by atoms with E-state index in [2.05, 4.69) is 17.4 Å². The second kappa shape index (κ2) is 2.73. The zero-order valence-corrected chi connectivity index (χ0v) is 8.14. The van der Waals surface area contributed by atoms with Crippen LogP contribution in [0.25, 0.3) is 0 Å². The molecule has 1 aromatic carbocycles. The molecule has 68 valence electrons. The van der Waals surface area contributed by atoms with Crippen LogP contribution in [0.5, 0.6) is 0 Å². The molecular formula is C11H12ClN. The molecule has 0 radical (unpaired) electrons. The SMILES string of the molecule is Clc1ccc2c(c1)C1CC2CCN1. The van der Waals surface area contributed by atoms with E-state index >= 15 is 0 Å². The summed E-state index contributed by atoms with van der Waals surface area (Å²) < 4.78 is 0. The minimum Gasteiger partial charge on any atom is -0.310 e. The summed E-state index contributed by atoms with van der Waals surface area (Å²) in [6.45, 7) is 1.15. The number of nitrogens with one attached hydrogen (secondary N) is 1. The summed E-state index contributed by atoms with van der Waals surface area (Å²) >= 11 is 5.99. The molecule has 2 aliphatic rings. The Hall–Kier alpha value is -0.530. The largest absolute Gasteiger partial charge is 0.310 e. The van der Waals surface area contributed by atoms with E-state index in [9.17, 15) is 0 Å². The number of benzene rings is 1. The van der Waals surface area contributed by atoms with Crippen molar-refractivity contribution < 1.29 is 0 Å². The molecule has 2 bridgehead atoms. The highest BCUT2D eigenvalue weighted by Gasteiger charge is 2.33. The Bertz CT molecular complexity index is 348. The van der Waals surface area contributed by atoms with Crippen molar-refractivity contribution in [2.45, 2.75) is 24.8 Å². The number of piperidine rings is 1. The van der Waals surface area contributed by atoms with Crippen LogP contribution >= 0.6 is 11.6 Å². The van der Waals surface area contributed by atoms with E-state index < -0.39 is 0 Å². The lowest BCUT2D eigenvalue weighted by Crippen LogP contribution is -2.24. The molecule has 1 aliphatic heterocycles. The van der Waals surface area contributed by atoms with Gasteiger partial charge < -0.3 is 5.32 Å². The van der Waals surface area contributed by atoms with Crippen LogP contribution < -0.4 is 5.32 Å². The van der Waals surface area contributed by atoms with E-state index in [1.807, 2.05) is 6.07 Å². The zero-order valence-electron chi connectivity index (χ0n) is 7.39. The Morgan fingerprint density at radius 1 is 1.31 bits per heavy atom. The summed E-state index contributed by atoms with van der Waals surface area (Å²) in [4.78, 5) is 0. The second-order valence-electron chi connectivity index (χ2n) is 4.00. The molecule has 1 aliphatic carbocycles. The van der Waals surface area contributed by atoms with E-state index in [-0.39, 0.29) is 0 Å². The van der Waals surface area contributed by atoms with Gasteiger partial charge in [0, 0.05) is 11.1 Å². The van der Waals surface area contributed by atoms with Crippen molar-refractivity contribution in [2.24, 2.45) is 0 Å². The summed E-state index contributed by atoms with van der Waals surface area (Å²) in [5.74, 6) is 0.790. The minimum absolute atomic E-state index is 0.576. The van der Waals surface area contributed by atoms with Crippen LogP contribution in [0.3, 0.4) is 0 Å². The third-order valence-electron chi connectivity index (χ3n) is 3.27. The lowest BCUT2D eigenvalue weighted by atomic mass is 9.97. The minimum atomic E-state index is 0.576. The molecule has 0 spiro atoms. The van der Waals surface area contributed by atoms with E-state index in [4.69, 9.17) is 11.6 Å². The van der Waals surface area contributed by atoms with E-state index in [1.165, 1.54) is 24.0 Å². The van der Waals surface area contributed by atoms with Gasteiger partial charge in [-0.25, -0.2) is 0 Å². The maximum absolute atomic E-state index is 5.99. The van der Waals surface area contributed by atoms with Crippen LogP contribution in [0.4, 0.5) is 0 Å². The molecule has 13 heavy (non-hydrogen) atoms. The van der Waals surface area contributed by atoms with Gasteiger partial charge in [0.2, 0.25) is 0 Å². The van der Waals surface area contributed by atoms with Gasteiger partial charge in [0.25, 0.3) is 0 Å². The van der Waals surface area contributed by atoms with Gasteiger partial charge in [-0.05, 0) is 48.6 Å². The van der Waals surface area contributed by atoms with Gasteiger partial charge in [0.1, 0.15) is 0 Å². The predicted octanol–water partition coefficient (Wildman–Crippen LogP) is 2.86. The summed E-state index contributed by atoms with van der Waals surface area (Å²) in [7, 11) is 0. The molecule has 1 nitrogen and oxygen atoms in total. The van der Waals surface area contributed by atoms with Crippen LogP contribution in [0.2, 0.25) is 5.02 Å². The fraction of sp³-hybridized carbons (Fsp3) is 0.455. The third kappa shape index (κ3) is 1.11. The maximum atomic E-state index is 5.99. The highest BCUT2D eigenvalue weighted by Crippen LogP contribution is 2.45. The quantitative estimate of drug-likeness (QED) is 0.668. The number of hydrogen-bond donors (Lipinski definition) is 1. The van der Waals surface area contributed by atoms with Crippen LogP contribution in [0, 0.1) is 0 Å². The normalized spacial score (nSPS) is 30.2. The Labute approximate surface area is 83.1 Å². The molecule has 1 fully saturated rings. The van der Waals surface area contributed by atoms with Crippen molar-refractivity contribution >= 4 is 11.6 Å². The molecule has 0 amide bonds. The summed E-state index contributed by atoms with van der Waals surface area (Å²) in [6, 6.07) is 6.92. The van der Waals surface area contributed by atoms with Crippen LogP contribution in [0.15, 0.2) is 18.2 Å². The Morgan fingerprint density at radius 3 is 3.15 bits per heavy atom. The molecule has 1 N–H and O–H groups in total. The van der Waals surface area contributed by atoms with Gasteiger partial charge in [-0.15, -0.1) is 0 Å². The zero-order chi connectivity index (χ0) is 8.84. The van der Waals surface area contributed by atoms with Crippen molar-refractivity contribution in [1.29, 1.82) is 0 Å². The number of rotatable bonds is 0. The van der Waals surface area contributed by atoms with E-state index in [0.29, 0.717) is 6.04 Å². The number of hydrogen-bond acceptors (Lipinski definition) is 1. The average Bonchev–Trinajstić information content (AvgIpc) is 2.39. The van der Waals surface area contributed by atoms with Crippen molar-refractivity contribution in [3.05, 3.63) is 34.3 Å². The molecule has 2 atom stereocenters. The predicted molar refractivity (Wildman–Crippen MR) is 54.2 cm³/mol. The van der Waals surface area contributed by atoms with Gasteiger partial charge >= 0.3 is 0 Å². The Balaban J connectivity index is 2.15. The fourth-order valence-electron chi connectivity index (χ4n) is 2.66. The molecule has 1 aromatic rings. The van der Waals surface area contributed by atoms with Crippen LogP contribution in [-0.2, 0) is 0 Å². The van der Waals surface area contributed by atoms with Gasteiger partial charge in [-0.1, -0.05) is 17.7 Å². The van der Waals surface area contributed by atoms with Gasteiger partial charge in [0.05, 0.1) is 0 Å². The summed E-state index contributed by atoms with van der Waals surface area (Å²) in [5, 5.41) is 4.40. The second-order valence-corrected chi connectivity index (χ2v) is 4.44. The first-order chi connectivity index (χ1) is 6.34. The highest BCUT2D eigenvalue weighted by molar-refractivity contribution is 6.30. The lowest BCUT2D eigenvalue weighted by Gasteiger charge is -2.20. The molecule has 1 heterocycles. The fourth-order valence-corrected chi connectivity index (χ4v) is 2.84. The molecule has 2 heteroatoms. The molecule has 3 rings (SSSR count). The lowest BCUT2D eigenvalue weighted by molar-refractivity contribution is 0.410. The maximum Gasteiger partial charge on any atom is 0.0409 e. The Kier molecular flexibility index (Phi) is 1.64. The van der Waals surface area contributed by atoms with Crippen molar-refractivity contribution in [1.82, 2.24) is 5.32 Å². The number of fused-ring (bicyclic) bond motifs is 5. The smallest absolute Gasteiger partial charge is 0.0409 e. The van der Waals surface area contributed by atoms with Crippen LogP contribution in [-0.4, -0.2) is 6.54 Å². The first-order valence-electron chi connectivity index (χ1n) is 4.87. The van der Waals surface area contributed by atoms with Crippen LogP contribution in [0.1, 0.15) is 35.9 Å². The monoisotopic (exact) mass is 193 g/mol. The van der Waals surface area contributed by atoms with E-state index in [1.54, 1.807) is 0 Å². The summed E-state index contributed by atoms with van der Waals surface area (Å²) in [6.07, 6.45) is 2.56. The first-order valence-corrected chi connectivity index (χ1v) is 5.25. The van der Waals surface area contributed by atoms with Crippen molar-refractivity contribution in [2.75, 3.05) is 6.54 Å². The van der Waals surface area contributed by atoms with Crippen molar-refractivity contribution in [3.63, 3.8) is 0 Å². The number of halogens is 1. The van der Waals surface area contributed by atoms with Crippen molar-refractivity contribution in [3.8, 4) is 0 Å². The summed E-state index contributed by atoms with van der Waals surface area (Å²) in [5.41, 5.74) is 2.97. The topological polar surface area (TPSA) is 12.0 Å². The molecule has 0 saturated carbocycles.